The van der Waals surface area contributed by atoms with Crippen LogP contribution in [0.2, 0.25) is 0 Å². The highest BCUT2D eigenvalue weighted by molar-refractivity contribution is 9.10. The van der Waals surface area contributed by atoms with Crippen LogP contribution in [0.15, 0.2) is 39.5 Å². The molecule has 2 heterocycles. The summed E-state index contributed by atoms with van der Waals surface area (Å²) in [6.45, 7) is 1.35. The highest BCUT2D eigenvalue weighted by Crippen LogP contribution is 2.19. The number of hydrogen-bond donors (Lipinski definition) is 0. The fourth-order valence-corrected chi connectivity index (χ4v) is 2.68. The summed E-state index contributed by atoms with van der Waals surface area (Å²) in [5.41, 5.74) is 2.22. The summed E-state index contributed by atoms with van der Waals surface area (Å²) in [6.07, 6.45) is 3.80. The van der Waals surface area contributed by atoms with E-state index in [1.54, 1.807) is 6.20 Å². The first kappa shape index (κ1) is 13.4. The molecule has 104 valence electrons. The monoisotopic (exact) mass is 334 g/mol. The minimum atomic E-state index is 0.194. The van der Waals surface area contributed by atoms with Crippen LogP contribution in [0.5, 0.6) is 0 Å². The first-order valence-corrected chi connectivity index (χ1v) is 7.46. The predicted molar refractivity (Wildman–Crippen MR) is 78.1 cm³/mol. The smallest absolute Gasteiger partial charge is 0.223 e. The molecule has 0 fully saturated rings. The Bertz CT molecular complexity index is 607. The Morgan fingerprint density at radius 2 is 2.15 bits per heavy atom. The van der Waals surface area contributed by atoms with E-state index in [2.05, 4.69) is 21.1 Å². The van der Waals surface area contributed by atoms with Crippen molar-refractivity contribution in [3.8, 4) is 0 Å². The number of fused-ring (bicyclic) bond motifs is 1. The van der Waals surface area contributed by atoms with Crippen molar-refractivity contribution in [3.63, 3.8) is 0 Å². The molecule has 1 aromatic heterocycles. The van der Waals surface area contributed by atoms with Crippen LogP contribution in [-0.4, -0.2) is 22.5 Å². The van der Waals surface area contributed by atoms with Crippen molar-refractivity contribution < 1.29 is 9.32 Å². The zero-order valence-electron chi connectivity index (χ0n) is 11.0. The number of benzene rings is 1. The lowest BCUT2D eigenvalue weighted by Gasteiger charge is -2.25. The Hall–Kier alpha value is -1.62. The maximum atomic E-state index is 12.2. The van der Waals surface area contributed by atoms with Crippen LogP contribution < -0.4 is 0 Å². The largest absolute Gasteiger partial charge is 0.361 e. The summed E-state index contributed by atoms with van der Waals surface area (Å²) < 4.78 is 6.19. The molecular weight excluding hydrogens is 320 g/mol. The van der Waals surface area contributed by atoms with E-state index < -0.39 is 0 Å². The van der Waals surface area contributed by atoms with Gasteiger partial charge in [0, 0.05) is 29.4 Å². The standard InChI is InChI=1S/C15H15BrN2O2/c16-13-4-1-11(2-5-13)3-6-15(19)18-8-7-14-12(10-18)9-17-20-14/h1-2,4-5,9H,3,6-8,10H2. The minimum Gasteiger partial charge on any atom is -0.361 e. The summed E-state index contributed by atoms with van der Waals surface area (Å²) in [6, 6.07) is 8.10. The average Bonchev–Trinajstić information content (AvgIpc) is 2.93. The van der Waals surface area contributed by atoms with Gasteiger partial charge in [-0.3, -0.25) is 4.79 Å². The Kier molecular flexibility index (Phi) is 3.87. The van der Waals surface area contributed by atoms with E-state index in [1.165, 1.54) is 5.56 Å². The van der Waals surface area contributed by atoms with Crippen LogP contribution in [0, 0.1) is 0 Å². The van der Waals surface area contributed by atoms with Gasteiger partial charge in [-0.25, -0.2) is 0 Å². The molecule has 1 amide bonds. The topological polar surface area (TPSA) is 46.3 Å². The van der Waals surface area contributed by atoms with Crippen molar-refractivity contribution in [1.82, 2.24) is 10.1 Å². The van der Waals surface area contributed by atoms with Crippen LogP contribution >= 0.6 is 15.9 Å². The highest BCUT2D eigenvalue weighted by Gasteiger charge is 2.22. The van der Waals surface area contributed by atoms with Gasteiger partial charge in [-0.2, -0.15) is 0 Å². The van der Waals surface area contributed by atoms with Crippen molar-refractivity contribution in [2.75, 3.05) is 6.54 Å². The van der Waals surface area contributed by atoms with Gasteiger partial charge in [-0.1, -0.05) is 33.2 Å². The van der Waals surface area contributed by atoms with Gasteiger partial charge in [-0.15, -0.1) is 0 Å². The third kappa shape index (κ3) is 2.93. The number of aryl methyl sites for hydroxylation is 1. The Labute approximate surface area is 125 Å². The molecule has 1 aromatic carbocycles. The molecular formula is C15H15BrN2O2. The highest BCUT2D eigenvalue weighted by atomic mass is 79.9. The number of rotatable bonds is 3. The summed E-state index contributed by atoms with van der Waals surface area (Å²) in [7, 11) is 0. The molecule has 0 N–H and O–H groups in total. The number of halogens is 1. The van der Waals surface area contributed by atoms with Crippen LogP contribution in [0.25, 0.3) is 0 Å². The van der Waals surface area contributed by atoms with E-state index in [0.29, 0.717) is 13.0 Å². The second-order valence-corrected chi connectivity index (χ2v) is 5.88. The molecule has 0 aliphatic carbocycles. The molecule has 0 bridgehead atoms. The summed E-state index contributed by atoms with van der Waals surface area (Å²) in [4.78, 5) is 14.1. The number of carbonyl (C=O) groups is 1. The van der Waals surface area contributed by atoms with Gasteiger partial charge in [0.15, 0.2) is 0 Å². The molecule has 0 atom stereocenters. The van der Waals surface area contributed by atoms with Gasteiger partial charge in [0.1, 0.15) is 5.76 Å². The minimum absolute atomic E-state index is 0.194. The summed E-state index contributed by atoms with van der Waals surface area (Å²) in [5, 5.41) is 3.78. The Morgan fingerprint density at radius 1 is 1.35 bits per heavy atom. The number of amides is 1. The molecule has 3 rings (SSSR count). The normalized spacial score (nSPS) is 14.2. The molecule has 1 aliphatic heterocycles. The maximum absolute atomic E-state index is 12.2. The Balaban J connectivity index is 1.56. The number of hydrogen-bond acceptors (Lipinski definition) is 3. The molecule has 20 heavy (non-hydrogen) atoms. The van der Waals surface area contributed by atoms with Crippen molar-refractivity contribution in [1.29, 1.82) is 0 Å². The van der Waals surface area contributed by atoms with Gasteiger partial charge >= 0.3 is 0 Å². The average molecular weight is 335 g/mol. The van der Waals surface area contributed by atoms with Gasteiger partial charge in [0.25, 0.3) is 0 Å². The molecule has 4 nitrogen and oxygen atoms in total. The third-order valence-electron chi connectivity index (χ3n) is 3.59. The lowest BCUT2D eigenvalue weighted by Crippen LogP contribution is -2.35. The van der Waals surface area contributed by atoms with Crippen molar-refractivity contribution in [2.24, 2.45) is 0 Å². The first-order valence-electron chi connectivity index (χ1n) is 6.67. The van der Waals surface area contributed by atoms with Crippen molar-refractivity contribution in [2.45, 2.75) is 25.8 Å². The summed E-state index contributed by atoms with van der Waals surface area (Å²) in [5.74, 6) is 1.11. The molecule has 0 spiro atoms. The van der Waals surface area contributed by atoms with Gasteiger partial charge in [0.2, 0.25) is 5.91 Å². The van der Waals surface area contributed by atoms with Crippen molar-refractivity contribution in [3.05, 3.63) is 51.8 Å². The molecule has 0 saturated carbocycles. The Morgan fingerprint density at radius 3 is 2.95 bits per heavy atom. The van der Waals surface area contributed by atoms with E-state index >= 15 is 0 Å². The van der Waals surface area contributed by atoms with Crippen LogP contribution in [0.3, 0.4) is 0 Å². The zero-order chi connectivity index (χ0) is 13.9. The van der Waals surface area contributed by atoms with Crippen LogP contribution in [-0.2, 0) is 24.2 Å². The molecule has 2 aromatic rings. The quantitative estimate of drug-likeness (QED) is 0.866. The van der Waals surface area contributed by atoms with Crippen molar-refractivity contribution >= 4 is 21.8 Å². The molecule has 1 aliphatic rings. The fraction of sp³-hybridized carbons (Fsp3) is 0.333. The second-order valence-electron chi connectivity index (χ2n) is 4.97. The molecule has 0 radical (unpaired) electrons. The first-order chi connectivity index (χ1) is 9.72. The number of nitrogens with zero attached hydrogens (tertiary/aromatic N) is 2. The lowest BCUT2D eigenvalue weighted by molar-refractivity contribution is -0.132. The van der Waals surface area contributed by atoms with Crippen LogP contribution in [0.1, 0.15) is 23.3 Å². The lowest BCUT2D eigenvalue weighted by atomic mass is 10.1. The van der Waals surface area contributed by atoms with E-state index in [0.717, 1.165) is 35.2 Å². The van der Waals surface area contributed by atoms with E-state index in [4.69, 9.17) is 4.52 Å². The second kappa shape index (κ2) is 5.79. The van der Waals surface area contributed by atoms with E-state index in [-0.39, 0.29) is 5.91 Å². The maximum Gasteiger partial charge on any atom is 0.223 e. The van der Waals surface area contributed by atoms with Crippen LogP contribution in [0.4, 0.5) is 0 Å². The third-order valence-corrected chi connectivity index (χ3v) is 4.12. The van der Waals surface area contributed by atoms with Gasteiger partial charge in [0.05, 0.1) is 12.7 Å². The summed E-state index contributed by atoms with van der Waals surface area (Å²) >= 11 is 3.41. The SMILES string of the molecule is O=C(CCc1ccc(Br)cc1)N1CCc2oncc2C1. The fourth-order valence-electron chi connectivity index (χ4n) is 2.41. The van der Waals surface area contributed by atoms with Gasteiger partial charge in [-0.05, 0) is 24.1 Å². The zero-order valence-corrected chi connectivity index (χ0v) is 12.6. The number of aromatic nitrogens is 1. The number of carbonyl (C=O) groups excluding carboxylic acids is 1. The van der Waals surface area contributed by atoms with E-state index in [1.807, 2.05) is 29.2 Å². The predicted octanol–water partition coefficient (Wildman–Crippen LogP) is 2.95. The molecule has 5 heteroatoms. The van der Waals surface area contributed by atoms with E-state index in [9.17, 15) is 4.79 Å². The molecule has 0 saturated heterocycles. The molecule has 0 unspecified atom stereocenters. The van der Waals surface area contributed by atoms with Gasteiger partial charge < -0.3 is 9.42 Å².